The summed E-state index contributed by atoms with van der Waals surface area (Å²) in [4.78, 5) is 14.2. The third-order valence-electron chi connectivity index (χ3n) is 3.22. The van der Waals surface area contributed by atoms with Gasteiger partial charge in [-0.2, -0.15) is 0 Å². The van der Waals surface area contributed by atoms with Gasteiger partial charge in [0.15, 0.2) is 0 Å². The summed E-state index contributed by atoms with van der Waals surface area (Å²) < 4.78 is 5.61. The van der Waals surface area contributed by atoms with Gasteiger partial charge in [0.2, 0.25) is 0 Å². The van der Waals surface area contributed by atoms with Gasteiger partial charge < -0.3 is 15.0 Å². The SMILES string of the molecule is Cc1ccccc1C(=O)NCC1CN(C)CCO1. The number of hydrogen-bond donors (Lipinski definition) is 1. The minimum Gasteiger partial charge on any atom is -0.374 e. The Morgan fingerprint density at radius 3 is 3.00 bits per heavy atom. The second-order valence-corrected chi connectivity index (χ2v) is 4.78. The van der Waals surface area contributed by atoms with Gasteiger partial charge in [-0.05, 0) is 25.6 Å². The van der Waals surface area contributed by atoms with E-state index in [1.165, 1.54) is 0 Å². The zero-order valence-electron chi connectivity index (χ0n) is 11.0. The molecule has 2 rings (SSSR count). The van der Waals surface area contributed by atoms with E-state index < -0.39 is 0 Å². The number of hydrogen-bond acceptors (Lipinski definition) is 3. The van der Waals surface area contributed by atoms with E-state index in [-0.39, 0.29) is 12.0 Å². The second kappa shape index (κ2) is 5.98. The van der Waals surface area contributed by atoms with Crippen molar-refractivity contribution in [1.29, 1.82) is 0 Å². The van der Waals surface area contributed by atoms with Gasteiger partial charge in [0.1, 0.15) is 0 Å². The molecular formula is C14H20N2O2. The van der Waals surface area contributed by atoms with Crippen LogP contribution in [0, 0.1) is 6.92 Å². The van der Waals surface area contributed by atoms with Crippen molar-refractivity contribution in [2.24, 2.45) is 0 Å². The molecule has 1 aromatic rings. The fraction of sp³-hybridized carbons (Fsp3) is 0.500. The zero-order chi connectivity index (χ0) is 13.0. The minimum atomic E-state index is -0.0232. The van der Waals surface area contributed by atoms with Gasteiger partial charge in [-0.1, -0.05) is 18.2 Å². The van der Waals surface area contributed by atoms with Gasteiger partial charge in [-0.25, -0.2) is 0 Å². The predicted molar refractivity (Wildman–Crippen MR) is 70.7 cm³/mol. The van der Waals surface area contributed by atoms with Crippen LogP contribution in [-0.2, 0) is 4.74 Å². The highest BCUT2D eigenvalue weighted by molar-refractivity contribution is 5.95. The topological polar surface area (TPSA) is 41.6 Å². The molecule has 1 amide bonds. The first-order valence-corrected chi connectivity index (χ1v) is 6.31. The molecular weight excluding hydrogens is 228 g/mol. The molecule has 4 heteroatoms. The number of amides is 1. The molecule has 1 unspecified atom stereocenters. The molecule has 0 aromatic heterocycles. The molecule has 18 heavy (non-hydrogen) atoms. The monoisotopic (exact) mass is 248 g/mol. The van der Waals surface area contributed by atoms with Crippen LogP contribution in [0.2, 0.25) is 0 Å². The van der Waals surface area contributed by atoms with Gasteiger partial charge in [0.25, 0.3) is 5.91 Å². The molecule has 98 valence electrons. The Morgan fingerprint density at radius 2 is 2.28 bits per heavy atom. The maximum absolute atomic E-state index is 12.0. The average Bonchev–Trinajstić information content (AvgIpc) is 2.37. The molecule has 4 nitrogen and oxygen atoms in total. The Labute approximate surface area is 108 Å². The number of likely N-dealkylation sites (N-methyl/N-ethyl adjacent to an activating group) is 1. The summed E-state index contributed by atoms with van der Waals surface area (Å²) in [5, 5.41) is 2.94. The Morgan fingerprint density at radius 1 is 1.50 bits per heavy atom. The smallest absolute Gasteiger partial charge is 0.251 e. The first-order valence-electron chi connectivity index (χ1n) is 6.31. The first-order chi connectivity index (χ1) is 8.66. The highest BCUT2D eigenvalue weighted by Crippen LogP contribution is 2.07. The van der Waals surface area contributed by atoms with Crippen LogP contribution in [0.4, 0.5) is 0 Å². The first kappa shape index (κ1) is 13.1. The van der Waals surface area contributed by atoms with E-state index in [9.17, 15) is 4.79 Å². The van der Waals surface area contributed by atoms with E-state index in [1.807, 2.05) is 31.2 Å². The molecule has 0 bridgehead atoms. The van der Waals surface area contributed by atoms with Crippen molar-refractivity contribution in [2.75, 3.05) is 33.3 Å². The summed E-state index contributed by atoms with van der Waals surface area (Å²) in [6.45, 7) is 5.08. The lowest BCUT2D eigenvalue weighted by Crippen LogP contribution is -2.46. The molecule has 1 heterocycles. The quantitative estimate of drug-likeness (QED) is 0.869. The summed E-state index contributed by atoms with van der Waals surface area (Å²) in [7, 11) is 2.07. The number of rotatable bonds is 3. The van der Waals surface area contributed by atoms with Crippen molar-refractivity contribution in [3.63, 3.8) is 0 Å². The third-order valence-corrected chi connectivity index (χ3v) is 3.22. The van der Waals surface area contributed by atoms with Crippen LogP contribution >= 0.6 is 0 Å². The number of aryl methyl sites for hydroxylation is 1. The highest BCUT2D eigenvalue weighted by Gasteiger charge is 2.18. The lowest BCUT2D eigenvalue weighted by atomic mass is 10.1. The van der Waals surface area contributed by atoms with Crippen molar-refractivity contribution in [2.45, 2.75) is 13.0 Å². The summed E-state index contributed by atoms with van der Waals surface area (Å²) in [6.07, 6.45) is 0.0942. The van der Waals surface area contributed by atoms with E-state index in [0.717, 1.165) is 30.8 Å². The maximum Gasteiger partial charge on any atom is 0.251 e. The fourth-order valence-electron chi connectivity index (χ4n) is 2.12. The van der Waals surface area contributed by atoms with E-state index in [2.05, 4.69) is 17.3 Å². The van der Waals surface area contributed by atoms with Gasteiger partial charge in [-0.15, -0.1) is 0 Å². The number of nitrogens with one attached hydrogen (secondary N) is 1. The molecule has 0 saturated carbocycles. The number of nitrogens with zero attached hydrogens (tertiary/aromatic N) is 1. The van der Waals surface area contributed by atoms with Crippen LogP contribution in [0.1, 0.15) is 15.9 Å². The van der Waals surface area contributed by atoms with E-state index in [1.54, 1.807) is 0 Å². The molecule has 1 saturated heterocycles. The Bertz CT molecular complexity index is 420. The molecule has 1 fully saturated rings. The number of carbonyl (C=O) groups excluding carboxylic acids is 1. The Hall–Kier alpha value is -1.39. The maximum atomic E-state index is 12.0. The normalized spacial score (nSPS) is 20.7. The van der Waals surface area contributed by atoms with E-state index in [4.69, 9.17) is 4.74 Å². The van der Waals surface area contributed by atoms with Crippen LogP contribution < -0.4 is 5.32 Å². The van der Waals surface area contributed by atoms with Crippen molar-refractivity contribution in [3.8, 4) is 0 Å². The molecule has 0 spiro atoms. The lowest BCUT2D eigenvalue weighted by Gasteiger charge is -2.30. The van der Waals surface area contributed by atoms with E-state index >= 15 is 0 Å². The predicted octanol–water partition coefficient (Wildman–Crippen LogP) is 1.06. The van der Waals surface area contributed by atoms with Crippen molar-refractivity contribution < 1.29 is 9.53 Å². The summed E-state index contributed by atoms with van der Waals surface area (Å²) in [6, 6.07) is 7.61. The standard InChI is InChI=1S/C14H20N2O2/c1-11-5-3-4-6-13(11)14(17)15-9-12-10-16(2)7-8-18-12/h3-6,12H,7-10H2,1-2H3,(H,15,17). The number of morpholine rings is 1. The van der Waals surface area contributed by atoms with Crippen LogP contribution in [0.15, 0.2) is 24.3 Å². The van der Waals surface area contributed by atoms with Crippen molar-refractivity contribution >= 4 is 5.91 Å². The minimum absolute atomic E-state index is 0.0232. The molecule has 1 aliphatic heterocycles. The van der Waals surface area contributed by atoms with Crippen LogP contribution in [0.5, 0.6) is 0 Å². The average molecular weight is 248 g/mol. The van der Waals surface area contributed by atoms with Gasteiger partial charge in [0, 0.05) is 25.2 Å². The Balaban J connectivity index is 1.87. The molecule has 0 aliphatic carbocycles. The number of benzene rings is 1. The van der Waals surface area contributed by atoms with Gasteiger partial charge in [-0.3, -0.25) is 4.79 Å². The van der Waals surface area contributed by atoms with Gasteiger partial charge in [0.05, 0.1) is 12.7 Å². The largest absolute Gasteiger partial charge is 0.374 e. The van der Waals surface area contributed by atoms with E-state index in [0.29, 0.717) is 6.54 Å². The lowest BCUT2D eigenvalue weighted by molar-refractivity contribution is -0.0175. The van der Waals surface area contributed by atoms with Crippen LogP contribution in [-0.4, -0.2) is 50.2 Å². The van der Waals surface area contributed by atoms with Crippen molar-refractivity contribution in [1.82, 2.24) is 10.2 Å². The number of ether oxygens (including phenoxy) is 1. The van der Waals surface area contributed by atoms with Crippen molar-refractivity contribution in [3.05, 3.63) is 35.4 Å². The second-order valence-electron chi connectivity index (χ2n) is 4.78. The van der Waals surface area contributed by atoms with Crippen LogP contribution in [0.25, 0.3) is 0 Å². The summed E-state index contributed by atoms with van der Waals surface area (Å²) >= 11 is 0. The highest BCUT2D eigenvalue weighted by atomic mass is 16.5. The summed E-state index contributed by atoms with van der Waals surface area (Å²) in [5.41, 5.74) is 1.73. The molecule has 1 N–H and O–H groups in total. The molecule has 0 radical (unpaired) electrons. The Kier molecular flexibility index (Phi) is 4.33. The molecule has 1 aliphatic rings. The third kappa shape index (κ3) is 3.31. The van der Waals surface area contributed by atoms with Gasteiger partial charge >= 0.3 is 0 Å². The molecule has 1 atom stereocenters. The van der Waals surface area contributed by atoms with Crippen LogP contribution in [0.3, 0.4) is 0 Å². The fourth-order valence-corrected chi connectivity index (χ4v) is 2.12. The summed E-state index contributed by atoms with van der Waals surface area (Å²) in [5.74, 6) is -0.0232. The number of carbonyl (C=O) groups is 1. The molecule has 1 aromatic carbocycles. The zero-order valence-corrected chi connectivity index (χ0v) is 11.0.